The minimum atomic E-state index is -0.271. The molecule has 10 heavy (non-hydrogen) atoms. The molecule has 0 N–H and O–H groups in total. The normalized spacial score (nSPS) is 12.3. The largest absolute Gasteiger partial charge is 0.457 e. The van der Waals surface area contributed by atoms with E-state index in [9.17, 15) is 4.79 Å². The second-order valence-electron chi connectivity index (χ2n) is 2.10. The summed E-state index contributed by atoms with van der Waals surface area (Å²) in [6.45, 7) is 6.89. The Kier molecular flexibility index (Phi) is 4.36. The van der Waals surface area contributed by atoms with E-state index in [2.05, 4.69) is 22.5 Å². The summed E-state index contributed by atoms with van der Waals surface area (Å²) in [5.41, 5.74) is 0.854. The number of esters is 1. The fraction of sp³-hybridized carbons (Fsp3) is 0.571. The van der Waals surface area contributed by atoms with Crippen molar-refractivity contribution in [3.63, 3.8) is 0 Å². The highest BCUT2D eigenvalue weighted by molar-refractivity contribution is 9.09. The summed E-state index contributed by atoms with van der Waals surface area (Å²) in [5.74, 6) is -0.271. The summed E-state index contributed by atoms with van der Waals surface area (Å²) in [4.78, 5) is 10.4. The SMILES string of the molecule is C=C(C)[C@H](CBr)OC(C)=O. The van der Waals surface area contributed by atoms with Gasteiger partial charge in [0, 0.05) is 12.3 Å². The zero-order chi connectivity index (χ0) is 8.15. The average molecular weight is 207 g/mol. The maximum Gasteiger partial charge on any atom is 0.303 e. The van der Waals surface area contributed by atoms with E-state index in [1.807, 2.05) is 6.92 Å². The van der Waals surface area contributed by atoms with Crippen LogP contribution in [0, 0.1) is 0 Å². The molecule has 3 heteroatoms. The molecule has 0 spiro atoms. The van der Waals surface area contributed by atoms with Crippen LogP contribution in [0.25, 0.3) is 0 Å². The van der Waals surface area contributed by atoms with Gasteiger partial charge in [-0.2, -0.15) is 0 Å². The molecule has 0 rings (SSSR count). The van der Waals surface area contributed by atoms with Crippen LogP contribution in [0.4, 0.5) is 0 Å². The molecule has 0 aromatic carbocycles. The van der Waals surface area contributed by atoms with E-state index in [0.717, 1.165) is 5.57 Å². The zero-order valence-corrected chi connectivity index (χ0v) is 7.77. The number of hydrogen-bond acceptors (Lipinski definition) is 2. The lowest BCUT2D eigenvalue weighted by atomic mass is 10.2. The number of carbonyl (C=O) groups is 1. The Bertz CT molecular complexity index is 143. The molecule has 0 aliphatic carbocycles. The summed E-state index contributed by atoms with van der Waals surface area (Å²) in [5, 5.41) is 0.613. The van der Waals surface area contributed by atoms with Crippen molar-refractivity contribution in [3.05, 3.63) is 12.2 Å². The first-order valence-electron chi connectivity index (χ1n) is 2.96. The molecule has 0 heterocycles. The topological polar surface area (TPSA) is 26.3 Å². The van der Waals surface area contributed by atoms with Gasteiger partial charge in [0.1, 0.15) is 6.10 Å². The first-order chi connectivity index (χ1) is 4.57. The van der Waals surface area contributed by atoms with Gasteiger partial charge >= 0.3 is 5.97 Å². The van der Waals surface area contributed by atoms with Crippen molar-refractivity contribution >= 4 is 21.9 Å². The molecule has 0 fully saturated rings. The first kappa shape index (κ1) is 9.69. The third kappa shape index (κ3) is 3.67. The Morgan fingerprint density at radius 1 is 1.70 bits per heavy atom. The number of hydrogen-bond donors (Lipinski definition) is 0. The Hall–Kier alpha value is -0.310. The Morgan fingerprint density at radius 2 is 2.20 bits per heavy atom. The fourth-order valence-corrected chi connectivity index (χ4v) is 1.15. The third-order valence-corrected chi connectivity index (χ3v) is 1.59. The van der Waals surface area contributed by atoms with E-state index < -0.39 is 0 Å². The van der Waals surface area contributed by atoms with Gasteiger partial charge in [-0.1, -0.05) is 22.5 Å². The molecule has 0 aliphatic heterocycles. The smallest absolute Gasteiger partial charge is 0.303 e. The lowest BCUT2D eigenvalue weighted by molar-refractivity contribution is -0.143. The van der Waals surface area contributed by atoms with Gasteiger partial charge in [0.25, 0.3) is 0 Å². The molecule has 0 radical (unpaired) electrons. The number of halogens is 1. The van der Waals surface area contributed by atoms with Gasteiger partial charge in [-0.15, -0.1) is 0 Å². The lowest BCUT2D eigenvalue weighted by Crippen LogP contribution is -2.18. The zero-order valence-electron chi connectivity index (χ0n) is 6.19. The molecule has 0 aromatic heterocycles. The van der Waals surface area contributed by atoms with Gasteiger partial charge in [-0.25, -0.2) is 0 Å². The lowest BCUT2D eigenvalue weighted by Gasteiger charge is -2.12. The summed E-state index contributed by atoms with van der Waals surface area (Å²) >= 11 is 3.21. The van der Waals surface area contributed by atoms with Gasteiger partial charge in [0.2, 0.25) is 0 Å². The Balaban J connectivity index is 3.83. The number of ether oxygens (including phenoxy) is 1. The van der Waals surface area contributed by atoms with Crippen LogP contribution in [0.2, 0.25) is 0 Å². The third-order valence-electron chi connectivity index (χ3n) is 0.998. The van der Waals surface area contributed by atoms with Crippen molar-refractivity contribution < 1.29 is 9.53 Å². The van der Waals surface area contributed by atoms with Gasteiger partial charge in [-0.05, 0) is 12.5 Å². The summed E-state index contributed by atoms with van der Waals surface area (Å²) in [6, 6.07) is 0. The van der Waals surface area contributed by atoms with Crippen LogP contribution >= 0.6 is 15.9 Å². The molecule has 0 unspecified atom stereocenters. The first-order valence-corrected chi connectivity index (χ1v) is 4.08. The van der Waals surface area contributed by atoms with E-state index in [0.29, 0.717) is 5.33 Å². The van der Waals surface area contributed by atoms with Crippen molar-refractivity contribution in [2.45, 2.75) is 20.0 Å². The molecule has 0 aliphatic rings. The standard InChI is InChI=1S/C7H11BrO2/c1-5(2)7(4-8)10-6(3)9/h7H,1,4H2,2-3H3/t7-/m0/s1. The van der Waals surface area contributed by atoms with E-state index >= 15 is 0 Å². The van der Waals surface area contributed by atoms with Crippen LogP contribution in [-0.2, 0) is 9.53 Å². The quantitative estimate of drug-likeness (QED) is 0.401. The van der Waals surface area contributed by atoms with Crippen LogP contribution in [-0.4, -0.2) is 17.4 Å². The minimum Gasteiger partial charge on any atom is -0.457 e. The van der Waals surface area contributed by atoms with Crippen molar-refractivity contribution in [2.75, 3.05) is 5.33 Å². The van der Waals surface area contributed by atoms with E-state index in [1.54, 1.807) is 0 Å². The molecule has 58 valence electrons. The highest BCUT2D eigenvalue weighted by Gasteiger charge is 2.09. The molecule has 0 saturated heterocycles. The van der Waals surface area contributed by atoms with Crippen molar-refractivity contribution in [1.29, 1.82) is 0 Å². The molecular weight excluding hydrogens is 196 g/mol. The Morgan fingerprint density at radius 3 is 2.30 bits per heavy atom. The molecule has 0 amide bonds. The van der Waals surface area contributed by atoms with Gasteiger partial charge in [0.15, 0.2) is 0 Å². The maximum absolute atomic E-state index is 10.4. The van der Waals surface area contributed by atoms with Gasteiger partial charge in [0.05, 0.1) is 0 Å². The summed E-state index contributed by atoms with van der Waals surface area (Å²) in [6.07, 6.45) is -0.183. The number of alkyl halides is 1. The fourth-order valence-electron chi connectivity index (χ4n) is 0.464. The number of carbonyl (C=O) groups excluding carboxylic acids is 1. The highest BCUT2D eigenvalue weighted by Crippen LogP contribution is 2.06. The summed E-state index contributed by atoms with van der Waals surface area (Å²) in [7, 11) is 0. The van der Waals surface area contributed by atoms with E-state index in [1.165, 1.54) is 6.92 Å². The van der Waals surface area contributed by atoms with E-state index in [4.69, 9.17) is 4.74 Å². The molecule has 0 bridgehead atoms. The Labute approximate surface area is 69.4 Å². The maximum atomic E-state index is 10.4. The molecule has 0 aromatic rings. The predicted octanol–water partition coefficient (Wildman–Crippen LogP) is 1.89. The van der Waals surface area contributed by atoms with Crippen LogP contribution in [0.15, 0.2) is 12.2 Å². The monoisotopic (exact) mass is 206 g/mol. The minimum absolute atomic E-state index is 0.183. The second-order valence-corrected chi connectivity index (χ2v) is 2.75. The number of rotatable bonds is 3. The molecule has 0 saturated carbocycles. The van der Waals surface area contributed by atoms with Crippen LogP contribution in [0.1, 0.15) is 13.8 Å². The second kappa shape index (κ2) is 4.50. The molecule has 1 atom stereocenters. The van der Waals surface area contributed by atoms with Crippen LogP contribution < -0.4 is 0 Å². The van der Waals surface area contributed by atoms with Gasteiger partial charge in [-0.3, -0.25) is 4.79 Å². The average Bonchev–Trinajstić information content (AvgIpc) is 1.81. The van der Waals surface area contributed by atoms with Gasteiger partial charge < -0.3 is 4.74 Å². The highest BCUT2D eigenvalue weighted by atomic mass is 79.9. The molecule has 2 nitrogen and oxygen atoms in total. The van der Waals surface area contributed by atoms with Crippen LogP contribution in [0.3, 0.4) is 0 Å². The van der Waals surface area contributed by atoms with Crippen molar-refractivity contribution in [3.8, 4) is 0 Å². The predicted molar refractivity (Wildman–Crippen MR) is 44.2 cm³/mol. The van der Waals surface area contributed by atoms with Crippen molar-refractivity contribution in [1.82, 2.24) is 0 Å². The van der Waals surface area contributed by atoms with Crippen LogP contribution in [0.5, 0.6) is 0 Å². The molecular formula is C7H11BrO2. The van der Waals surface area contributed by atoms with Crippen molar-refractivity contribution in [2.24, 2.45) is 0 Å². The van der Waals surface area contributed by atoms with E-state index in [-0.39, 0.29) is 12.1 Å². The summed E-state index contributed by atoms with van der Waals surface area (Å²) < 4.78 is 4.88.